The number of amides is 1. The zero-order valence-electron chi connectivity index (χ0n) is 22.2. The van der Waals surface area contributed by atoms with Crippen molar-refractivity contribution < 1.29 is 9.53 Å². The van der Waals surface area contributed by atoms with Gasteiger partial charge in [-0.3, -0.25) is 4.79 Å². The van der Waals surface area contributed by atoms with Crippen LogP contribution >= 0.6 is 19.8 Å². The molecule has 0 atom stereocenters. The van der Waals surface area contributed by atoms with Gasteiger partial charge in [-0.1, -0.05) is 12.2 Å². The van der Waals surface area contributed by atoms with Gasteiger partial charge in [-0.05, 0) is 0 Å². The van der Waals surface area contributed by atoms with Gasteiger partial charge in [-0.2, -0.15) is 0 Å². The van der Waals surface area contributed by atoms with Crippen LogP contribution in [0.25, 0.3) is 17.2 Å². The number of fused-ring (bicyclic) bond motifs is 1. The zero-order chi connectivity index (χ0) is 27.8. The van der Waals surface area contributed by atoms with Gasteiger partial charge < -0.3 is 5.32 Å². The van der Waals surface area contributed by atoms with Crippen molar-refractivity contribution in [1.29, 1.82) is 5.26 Å². The van der Waals surface area contributed by atoms with Crippen molar-refractivity contribution in [3.63, 3.8) is 0 Å². The Morgan fingerprint density at radius 3 is 2.33 bits per heavy atom. The summed E-state index contributed by atoms with van der Waals surface area (Å²) in [5.74, 6) is 1.73. The molecule has 1 aliphatic heterocycles. The van der Waals surface area contributed by atoms with Crippen LogP contribution in [0.1, 0.15) is 32.7 Å². The fourth-order valence-corrected chi connectivity index (χ4v) is 7.88. The molecule has 8 heteroatoms. The summed E-state index contributed by atoms with van der Waals surface area (Å²) in [6.07, 6.45) is 5.96. The van der Waals surface area contributed by atoms with Crippen LogP contribution in [0.5, 0.6) is 11.6 Å². The van der Waals surface area contributed by atoms with Crippen molar-refractivity contribution in [2.45, 2.75) is 19.9 Å². The fourth-order valence-electron chi connectivity index (χ4n) is 4.51. The first-order chi connectivity index (χ1) is 19.4. The van der Waals surface area contributed by atoms with Gasteiger partial charge in [0, 0.05) is 0 Å². The molecule has 40 heavy (non-hydrogen) atoms. The second kappa shape index (κ2) is 10.6. The molecule has 0 unspecified atom stereocenters. The van der Waals surface area contributed by atoms with Crippen LogP contribution in [0.3, 0.4) is 0 Å². The summed E-state index contributed by atoms with van der Waals surface area (Å²) in [5, 5.41) is 15.3. The summed E-state index contributed by atoms with van der Waals surface area (Å²) >= 11 is -1.58. The third-order valence-corrected chi connectivity index (χ3v) is 10.8. The Kier molecular flexibility index (Phi) is 6.82. The van der Waals surface area contributed by atoms with Gasteiger partial charge >= 0.3 is 213 Å². The maximum atomic E-state index is 12.3. The Bertz CT molecular complexity index is 1710. The molecule has 0 fully saturated rings. The van der Waals surface area contributed by atoms with E-state index in [1.54, 1.807) is 12.1 Å². The van der Waals surface area contributed by atoms with Crippen LogP contribution in [-0.2, 0) is 0 Å². The number of aromatic nitrogens is 2. The van der Waals surface area contributed by atoms with Crippen molar-refractivity contribution >= 4 is 43.4 Å². The molecule has 4 aromatic rings. The minimum absolute atomic E-state index is 0.0733. The van der Waals surface area contributed by atoms with Crippen LogP contribution in [0.15, 0.2) is 76.9 Å². The van der Waals surface area contributed by atoms with Gasteiger partial charge in [0.05, 0.1) is 6.04 Å². The predicted octanol–water partition coefficient (Wildman–Crippen LogP) is 7.13. The molecule has 6 rings (SSSR count). The number of aryl methyl sites for hydroxylation is 2. The molecule has 1 amide bonds. The number of carbonyl (C=O) groups is 1. The average Bonchev–Trinajstić information content (AvgIpc) is 3.70. The minimum atomic E-state index is -1.58. The van der Waals surface area contributed by atoms with E-state index in [1.165, 1.54) is 0 Å². The van der Waals surface area contributed by atoms with E-state index in [2.05, 4.69) is 43.9 Å². The monoisotopic (exact) mass is 639 g/mol. The molecule has 2 N–H and O–H groups in total. The van der Waals surface area contributed by atoms with Crippen LogP contribution < -0.4 is 15.4 Å². The molecule has 198 valence electrons. The summed E-state index contributed by atoms with van der Waals surface area (Å²) in [4.78, 5) is 24.1. The van der Waals surface area contributed by atoms with E-state index in [4.69, 9.17) is 20.0 Å². The van der Waals surface area contributed by atoms with E-state index in [-0.39, 0.29) is 11.9 Å². The molecule has 0 spiro atoms. The number of ether oxygens (including phenoxy) is 1. The molecule has 7 nitrogen and oxygen atoms in total. The topological polar surface area (TPSA) is 99.9 Å². The standard InChI is InChI=1S/C32H26IN5O2/c1-19-16-24(22-6-8-23(9-7-22)30(39)35-25-12-13-25)17-20(2)29(19)40-31-28-27(14-15-33(28)3)37-32(38-31)36-26-10-4-21(18-34)5-11-26/h4-17,25H,1-3H3,(H,35,39)(H,36,37,38). The Morgan fingerprint density at radius 2 is 1.68 bits per heavy atom. The summed E-state index contributed by atoms with van der Waals surface area (Å²) in [6, 6.07) is 21.3. The Morgan fingerprint density at radius 1 is 0.975 bits per heavy atom. The van der Waals surface area contributed by atoms with Crippen LogP contribution in [-0.4, -0.2) is 26.8 Å². The van der Waals surface area contributed by atoms with E-state index in [0.717, 1.165) is 43.0 Å². The van der Waals surface area contributed by atoms with E-state index in [1.807, 2.05) is 62.4 Å². The molecule has 1 aliphatic carbocycles. The quantitative estimate of drug-likeness (QED) is 0.127. The van der Waals surface area contributed by atoms with Crippen LogP contribution in [0.4, 0.5) is 11.6 Å². The van der Waals surface area contributed by atoms with Crippen LogP contribution in [0.2, 0.25) is 0 Å². The number of nitrogens with zero attached hydrogens (tertiary/aromatic N) is 3. The third kappa shape index (κ3) is 5.33. The molecule has 1 aromatic heterocycles. The van der Waals surface area contributed by atoms with E-state index in [9.17, 15) is 4.79 Å². The number of carbonyl (C=O) groups excluding carboxylic acids is 1. The number of rotatable bonds is 7. The van der Waals surface area contributed by atoms with Gasteiger partial charge in [-0.15, -0.1) is 0 Å². The molecule has 3 aromatic carbocycles. The normalized spacial score (nSPS) is 14.0. The van der Waals surface area contributed by atoms with Gasteiger partial charge in [0.15, 0.2) is 0 Å². The third-order valence-electron chi connectivity index (χ3n) is 6.65. The van der Waals surface area contributed by atoms with Gasteiger partial charge in [-0.25, -0.2) is 0 Å². The maximum absolute atomic E-state index is 12.3. The summed E-state index contributed by atoms with van der Waals surface area (Å²) in [6.45, 7) is 4.07. The first-order valence-electron chi connectivity index (χ1n) is 12.7. The van der Waals surface area contributed by atoms with Crippen molar-refractivity contribution in [3.8, 4) is 28.8 Å². The van der Waals surface area contributed by atoms with Crippen molar-refractivity contribution in [3.05, 3.63) is 108 Å². The molecule has 2 aliphatic rings. The number of hydrogen-bond donors (Lipinski definition) is 2. The molecule has 0 saturated carbocycles. The molecule has 0 radical (unpaired) electrons. The summed E-state index contributed by atoms with van der Waals surface area (Å²) < 4.78 is 9.91. The Hall–Kier alpha value is -4.49. The van der Waals surface area contributed by atoms with Gasteiger partial charge in [0.1, 0.15) is 0 Å². The van der Waals surface area contributed by atoms with E-state index >= 15 is 0 Å². The number of benzene rings is 3. The molecule has 0 saturated heterocycles. The first-order valence-corrected chi connectivity index (χ1v) is 17.2. The molecule has 0 bridgehead atoms. The van der Waals surface area contributed by atoms with Crippen molar-refractivity contribution in [2.24, 2.45) is 0 Å². The van der Waals surface area contributed by atoms with Gasteiger partial charge in [0.2, 0.25) is 0 Å². The van der Waals surface area contributed by atoms with E-state index in [0.29, 0.717) is 23.0 Å². The van der Waals surface area contributed by atoms with Gasteiger partial charge in [0.25, 0.3) is 0 Å². The molecular formula is C32H26IN5O2. The summed E-state index contributed by atoms with van der Waals surface area (Å²) in [7, 11) is 0. The number of nitriles is 1. The second-order valence-corrected chi connectivity index (χ2v) is 14.4. The predicted molar refractivity (Wildman–Crippen MR) is 166 cm³/mol. The summed E-state index contributed by atoms with van der Waals surface area (Å²) in [5.41, 5.74) is 6.99. The fraction of sp³-hybridized carbons (Fsp3) is 0.125. The number of nitrogens with one attached hydrogen (secondary N) is 2. The number of anilines is 2. The Balaban J connectivity index is 1.27. The SMILES string of the molecule is Cc1cc(-c2ccc(C(=O)NC3C=C3)cc2)cc(C)c1Oc1nc(Nc2ccc(C#N)cc2)nc2c1I(C)C=C2. The zero-order valence-corrected chi connectivity index (χ0v) is 24.4. The average molecular weight is 639 g/mol. The van der Waals surface area contributed by atoms with E-state index < -0.39 is 19.8 Å². The molecular weight excluding hydrogens is 613 g/mol. The Labute approximate surface area is 240 Å². The number of alkyl halides is 1. The second-order valence-electron chi connectivity index (χ2n) is 9.68. The number of halogens is 1. The first kappa shape index (κ1) is 25.8. The van der Waals surface area contributed by atoms with Crippen molar-refractivity contribution in [2.75, 3.05) is 10.2 Å². The molecule has 2 heterocycles. The van der Waals surface area contributed by atoms with Crippen molar-refractivity contribution in [1.82, 2.24) is 15.3 Å². The number of hydrogen-bond acceptors (Lipinski definition) is 6. The van der Waals surface area contributed by atoms with Crippen LogP contribution in [0, 0.1) is 28.7 Å².